The van der Waals surface area contributed by atoms with Gasteiger partial charge in [-0.3, -0.25) is 9.78 Å². The van der Waals surface area contributed by atoms with E-state index in [4.69, 9.17) is 4.74 Å². The number of aromatic amines is 1. The van der Waals surface area contributed by atoms with E-state index in [0.717, 1.165) is 11.3 Å². The van der Waals surface area contributed by atoms with Crippen LogP contribution in [-0.2, 0) is 11.3 Å². The van der Waals surface area contributed by atoms with E-state index in [1.807, 2.05) is 23.0 Å². The highest BCUT2D eigenvalue weighted by Gasteiger charge is 2.16. The summed E-state index contributed by atoms with van der Waals surface area (Å²) in [6.07, 6.45) is 9.61. The largest absolute Gasteiger partial charge is 0.456 e. The lowest BCUT2D eigenvalue weighted by Gasteiger charge is -2.21. The van der Waals surface area contributed by atoms with E-state index >= 15 is 0 Å². The van der Waals surface area contributed by atoms with Gasteiger partial charge in [0.25, 0.3) is 0 Å². The van der Waals surface area contributed by atoms with Gasteiger partial charge in [0.1, 0.15) is 12.9 Å². The molecule has 1 aromatic carbocycles. The van der Waals surface area contributed by atoms with Crippen molar-refractivity contribution in [3.63, 3.8) is 0 Å². The molecule has 7 heteroatoms. The molecular weight excluding hydrogens is 330 g/mol. The molecular formula is C19H21N5O2. The topological polar surface area (TPSA) is 85.7 Å². The van der Waals surface area contributed by atoms with Gasteiger partial charge in [-0.1, -0.05) is 31.4 Å². The Bertz CT molecular complexity index is 866. The lowest BCUT2D eigenvalue weighted by atomic mass is 9.96. The second-order valence-corrected chi connectivity index (χ2v) is 6.57. The van der Waals surface area contributed by atoms with Gasteiger partial charge >= 0.3 is 5.97 Å². The molecule has 1 N–H and O–H groups in total. The van der Waals surface area contributed by atoms with Gasteiger partial charge in [0.15, 0.2) is 5.82 Å². The van der Waals surface area contributed by atoms with Crippen LogP contribution in [0, 0.1) is 0 Å². The van der Waals surface area contributed by atoms with Gasteiger partial charge in [0.2, 0.25) is 0 Å². The molecule has 1 fully saturated rings. The van der Waals surface area contributed by atoms with Gasteiger partial charge in [0, 0.05) is 11.8 Å². The first-order valence-electron chi connectivity index (χ1n) is 8.96. The Balaban J connectivity index is 1.38. The van der Waals surface area contributed by atoms with Crippen molar-refractivity contribution in [2.45, 2.75) is 44.8 Å². The zero-order valence-corrected chi connectivity index (χ0v) is 14.5. The Morgan fingerprint density at radius 2 is 2.12 bits per heavy atom. The lowest BCUT2D eigenvalue weighted by molar-refractivity contribution is 0.0466. The summed E-state index contributed by atoms with van der Waals surface area (Å²) >= 11 is 0. The molecule has 4 rings (SSSR count). The van der Waals surface area contributed by atoms with Gasteiger partial charge in [-0.05, 0) is 31.0 Å². The SMILES string of the molecule is O=C(OCc1ccn(C2CCCCC2)n1)c1cccc(-c2ncn[nH]2)c1. The first-order chi connectivity index (χ1) is 12.8. The van der Waals surface area contributed by atoms with E-state index in [9.17, 15) is 4.79 Å². The minimum Gasteiger partial charge on any atom is -0.456 e. The number of ether oxygens (including phenoxy) is 1. The maximum Gasteiger partial charge on any atom is 0.338 e. The molecule has 0 unspecified atom stereocenters. The van der Waals surface area contributed by atoms with E-state index in [2.05, 4.69) is 20.3 Å². The van der Waals surface area contributed by atoms with Crippen LogP contribution >= 0.6 is 0 Å². The van der Waals surface area contributed by atoms with Gasteiger partial charge in [-0.2, -0.15) is 10.2 Å². The second-order valence-electron chi connectivity index (χ2n) is 6.57. The van der Waals surface area contributed by atoms with Gasteiger partial charge in [0.05, 0.1) is 17.3 Å². The standard InChI is InChI=1S/C19H21N5O2/c25-19(15-6-4-5-14(11-15)18-20-13-21-22-18)26-12-16-9-10-24(23-16)17-7-2-1-3-8-17/h4-6,9-11,13,17H,1-3,7-8,12H2,(H,20,21,22). The molecule has 134 valence electrons. The van der Waals surface area contributed by atoms with Gasteiger partial charge < -0.3 is 4.74 Å². The van der Waals surface area contributed by atoms with Crippen LogP contribution in [0.2, 0.25) is 0 Å². The van der Waals surface area contributed by atoms with Crippen molar-refractivity contribution >= 4 is 5.97 Å². The summed E-state index contributed by atoms with van der Waals surface area (Å²) in [6.45, 7) is 0.172. The fraction of sp³-hybridized carbons (Fsp3) is 0.368. The Hall–Kier alpha value is -2.96. The fourth-order valence-corrected chi connectivity index (χ4v) is 3.36. The van der Waals surface area contributed by atoms with Gasteiger partial charge in [-0.25, -0.2) is 9.78 Å². The second kappa shape index (κ2) is 7.51. The molecule has 1 aliphatic rings. The van der Waals surface area contributed by atoms with Crippen LogP contribution in [0.5, 0.6) is 0 Å². The highest BCUT2D eigenvalue weighted by atomic mass is 16.5. The summed E-state index contributed by atoms with van der Waals surface area (Å²) in [5.74, 6) is 0.240. The maximum absolute atomic E-state index is 12.3. The van der Waals surface area contributed by atoms with E-state index in [1.54, 1.807) is 18.2 Å². The molecule has 0 atom stereocenters. The first kappa shape index (κ1) is 16.5. The summed E-state index contributed by atoms with van der Waals surface area (Å²) in [6, 6.07) is 9.53. The monoisotopic (exact) mass is 351 g/mol. The van der Waals surface area contributed by atoms with Crippen molar-refractivity contribution < 1.29 is 9.53 Å². The predicted molar refractivity (Wildman–Crippen MR) is 95.3 cm³/mol. The van der Waals surface area contributed by atoms with E-state index in [1.165, 1.54) is 38.4 Å². The quantitative estimate of drug-likeness (QED) is 0.711. The molecule has 2 heterocycles. The van der Waals surface area contributed by atoms with E-state index in [0.29, 0.717) is 17.4 Å². The molecule has 0 bridgehead atoms. The molecule has 7 nitrogen and oxygen atoms in total. The number of benzene rings is 1. The van der Waals surface area contributed by atoms with Crippen LogP contribution in [0.15, 0.2) is 42.9 Å². The third-order valence-corrected chi connectivity index (χ3v) is 4.75. The predicted octanol–water partition coefficient (Wildman–Crippen LogP) is 3.53. The number of nitrogens with one attached hydrogen (secondary N) is 1. The minimum atomic E-state index is -0.376. The molecule has 0 aliphatic heterocycles. The van der Waals surface area contributed by atoms with Crippen molar-refractivity contribution in [3.8, 4) is 11.4 Å². The molecule has 0 spiro atoms. The molecule has 1 aliphatic carbocycles. The third kappa shape index (κ3) is 3.66. The van der Waals surface area contributed by atoms with E-state index in [-0.39, 0.29) is 12.6 Å². The Kier molecular flexibility index (Phi) is 4.77. The van der Waals surface area contributed by atoms with Crippen molar-refractivity contribution in [1.29, 1.82) is 0 Å². The number of esters is 1. The molecule has 26 heavy (non-hydrogen) atoms. The number of hydrogen-bond donors (Lipinski definition) is 1. The highest BCUT2D eigenvalue weighted by molar-refractivity contribution is 5.90. The van der Waals surface area contributed by atoms with Crippen LogP contribution in [-0.4, -0.2) is 30.9 Å². The smallest absolute Gasteiger partial charge is 0.338 e. The molecule has 0 saturated heterocycles. The Morgan fingerprint density at radius 3 is 2.92 bits per heavy atom. The third-order valence-electron chi connectivity index (χ3n) is 4.75. The van der Waals surface area contributed by atoms with Crippen molar-refractivity contribution in [1.82, 2.24) is 25.0 Å². The zero-order valence-electron chi connectivity index (χ0n) is 14.5. The number of aromatic nitrogens is 5. The van der Waals surface area contributed by atoms with Crippen LogP contribution < -0.4 is 0 Å². The van der Waals surface area contributed by atoms with Crippen LogP contribution in [0.25, 0.3) is 11.4 Å². The number of carbonyl (C=O) groups is 1. The highest BCUT2D eigenvalue weighted by Crippen LogP contribution is 2.27. The van der Waals surface area contributed by atoms with Gasteiger partial charge in [-0.15, -0.1) is 0 Å². The zero-order chi connectivity index (χ0) is 17.8. The van der Waals surface area contributed by atoms with Crippen molar-refractivity contribution in [2.75, 3.05) is 0 Å². The Labute approximate surface area is 151 Å². The summed E-state index contributed by atoms with van der Waals surface area (Å²) in [7, 11) is 0. The minimum absolute atomic E-state index is 0.172. The number of rotatable bonds is 5. The van der Waals surface area contributed by atoms with Crippen LogP contribution in [0.4, 0.5) is 0 Å². The average molecular weight is 351 g/mol. The molecule has 3 aromatic rings. The number of H-pyrrole nitrogens is 1. The Morgan fingerprint density at radius 1 is 1.23 bits per heavy atom. The summed E-state index contributed by atoms with van der Waals surface area (Å²) < 4.78 is 7.45. The first-order valence-corrected chi connectivity index (χ1v) is 8.96. The number of hydrogen-bond acceptors (Lipinski definition) is 5. The molecule has 1 saturated carbocycles. The molecule has 0 radical (unpaired) electrons. The van der Waals surface area contributed by atoms with Crippen molar-refractivity contribution in [2.24, 2.45) is 0 Å². The molecule has 0 amide bonds. The fourth-order valence-electron chi connectivity index (χ4n) is 3.36. The molecule has 2 aromatic heterocycles. The maximum atomic E-state index is 12.3. The van der Waals surface area contributed by atoms with Crippen LogP contribution in [0.3, 0.4) is 0 Å². The van der Waals surface area contributed by atoms with Crippen LogP contribution in [0.1, 0.15) is 54.2 Å². The number of carbonyl (C=O) groups excluding carboxylic acids is 1. The average Bonchev–Trinajstić information content (AvgIpc) is 3.39. The summed E-state index contributed by atoms with van der Waals surface area (Å²) in [4.78, 5) is 16.4. The van der Waals surface area contributed by atoms with Crippen molar-refractivity contribution in [3.05, 3.63) is 54.1 Å². The summed E-state index contributed by atoms with van der Waals surface area (Å²) in [5, 5.41) is 11.2. The van der Waals surface area contributed by atoms with E-state index < -0.39 is 0 Å². The normalized spacial score (nSPS) is 15.1. The number of nitrogens with zero attached hydrogens (tertiary/aromatic N) is 4. The summed E-state index contributed by atoms with van der Waals surface area (Å²) in [5.41, 5.74) is 2.04. The lowest BCUT2D eigenvalue weighted by Crippen LogP contribution is -2.13.